The monoisotopic (exact) mass is 356 g/mol. The Morgan fingerprint density at radius 1 is 1.24 bits per heavy atom. The van der Waals surface area contributed by atoms with Crippen LogP contribution in [0.3, 0.4) is 0 Å². The molecule has 1 saturated heterocycles. The van der Waals surface area contributed by atoms with E-state index in [1.54, 1.807) is 0 Å². The molecule has 0 amide bonds. The second kappa shape index (κ2) is 7.20. The molecule has 0 saturated carbocycles. The standard InChI is InChI=1S/C7H18O12P2/c1-16-7-6(19-21(13,14)15)4(9)5(3(2-8)17-7)18-20(10,11)12/h3-9,13-15,21H,2H2,1H3,(H2,10,11,12)/t3?,4?,5-,6-,7+/m1/s1. The van der Waals surface area contributed by atoms with Crippen molar-refractivity contribution >= 4 is 16.0 Å². The number of aliphatic hydroxyl groups excluding tert-OH is 2. The summed E-state index contributed by atoms with van der Waals surface area (Å²) in [7, 11) is -9.05. The average molecular weight is 356 g/mol. The SMILES string of the molecule is CO[C@H]1OC(CO)[C@@H](OP(=O)(O)O)C(O)[C@H]1O[PH](O)(O)O. The van der Waals surface area contributed by atoms with Crippen LogP contribution in [0.4, 0.5) is 0 Å². The molecule has 2 unspecified atom stereocenters. The van der Waals surface area contributed by atoms with Gasteiger partial charge in [0.25, 0.3) is 0 Å². The van der Waals surface area contributed by atoms with Crippen molar-refractivity contribution in [2.75, 3.05) is 13.7 Å². The maximum absolute atomic E-state index is 10.9. The van der Waals surface area contributed by atoms with Gasteiger partial charge in [-0.05, 0) is 0 Å². The summed E-state index contributed by atoms with van der Waals surface area (Å²) in [6.45, 7) is -0.783. The van der Waals surface area contributed by atoms with Gasteiger partial charge in [-0.3, -0.25) is 0 Å². The number of aliphatic hydroxyl groups is 2. The molecular weight excluding hydrogens is 338 g/mol. The van der Waals surface area contributed by atoms with Crippen molar-refractivity contribution in [3.05, 3.63) is 0 Å². The van der Waals surface area contributed by atoms with E-state index in [2.05, 4.69) is 9.05 Å². The van der Waals surface area contributed by atoms with Crippen molar-refractivity contribution in [3.63, 3.8) is 0 Å². The first-order valence-corrected chi connectivity index (χ1v) is 8.82. The van der Waals surface area contributed by atoms with E-state index in [0.29, 0.717) is 0 Å². The molecule has 1 aliphatic heterocycles. The van der Waals surface area contributed by atoms with Gasteiger partial charge in [-0.2, -0.15) is 0 Å². The fourth-order valence-corrected chi connectivity index (χ4v) is 3.02. The number of phosphoric acid groups is 1. The summed E-state index contributed by atoms with van der Waals surface area (Å²) in [6, 6.07) is 0. The molecule has 128 valence electrons. The van der Waals surface area contributed by atoms with E-state index in [-0.39, 0.29) is 0 Å². The Morgan fingerprint density at radius 3 is 2.19 bits per heavy atom. The van der Waals surface area contributed by atoms with Gasteiger partial charge in [0.2, 0.25) is 0 Å². The Kier molecular flexibility index (Phi) is 6.60. The van der Waals surface area contributed by atoms with Crippen LogP contribution in [0.15, 0.2) is 0 Å². The molecule has 7 N–H and O–H groups in total. The van der Waals surface area contributed by atoms with E-state index in [4.69, 9.17) is 39.0 Å². The van der Waals surface area contributed by atoms with Crippen LogP contribution in [0.25, 0.3) is 0 Å². The van der Waals surface area contributed by atoms with E-state index < -0.39 is 53.3 Å². The first-order chi connectivity index (χ1) is 9.48. The van der Waals surface area contributed by atoms with Crippen molar-refractivity contribution in [2.45, 2.75) is 30.7 Å². The van der Waals surface area contributed by atoms with E-state index in [1.807, 2.05) is 0 Å². The van der Waals surface area contributed by atoms with Gasteiger partial charge in [0.15, 0.2) is 0 Å². The number of rotatable bonds is 6. The Labute approximate surface area is 119 Å². The third-order valence-electron chi connectivity index (χ3n) is 2.58. The molecule has 1 aliphatic rings. The molecule has 0 radical (unpaired) electrons. The van der Waals surface area contributed by atoms with Gasteiger partial charge < -0.3 is 0 Å². The quantitative estimate of drug-likeness (QED) is 0.238. The normalized spacial score (nSPS) is 35.7. The molecule has 21 heavy (non-hydrogen) atoms. The fraction of sp³-hybridized carbons (Fsp3) is 1.00. The van der Waals surface area contributed by atoms with Crippen molar-refractivity contribution in [1.29, 1.82) is 0 Å². The fourth-order valence-electron chi connectivity index (χ4n) is 1.83. The number of phosphoric ester groups is 1. The third-order valence-corrected chi connectivity index (χ3v) is 3.69. The van der Waals surface area contributed by atoms with Crippen molar-refractivity contribution in [2.24, 2.45) is 0 Å². The molecule has 0 spiro atoms. The van der Waals surface area contributed by atoms with Crippen LogP contribution in [0, 0.1) is 0 Å². The average Bonchev–Trinajstić information content (AvgIpc) is 2.31. The van der Waals surface area contributed by atoms with E-state index in [1.165, 1.54) is 0 Å². The minimum absolute atomic E-state index is 0.783. The van der Waals surface area contributed by atoms with Crippen LogP contribution in [0.1, 0.15) is 0 Å². The predicted octanol–water partition coefficient (Wildman–Crippen LogP) is -3.04. The van der Waals surface area contributed by atoms with Crippen LogP contribution in [-0.2, 0) is 23.1 Å². The molecule has 0 aliphatic carbocycles. The third kappa shape index (κ3) is 5.73. The van der Waals surface area contributed by atoms with Crippen molar-refractivity contribution < 1.29 is 57.8 Å². The van der Waals surface area contributed by atoms with E-state index in [0.717, 1.165) is 7.11 Å². The molecule has 1 fully saturated rings. The zero-order valence-electron chi connectivity index (χ0n) is 10.7. The maximum atomic E-state index is 10.9. The Morgan fingerprint density at radius 2 is 1.81 bits per heavy atom. The van der Waals surface area contributed by atoms with Gasteiger partial charge in [-0.15, -0.1) is 0 Å². The minimum atomic E-state index is -5.10. The molecule has 0 bridgehead atoms. The first-order valence-electron chi connectivity index (χ1n) is 5.54. The van der Waals surface area contributed by atoms with Crippen LogP contribution in [0.5, 0.6) is 0 Å². The summed E-state index contributed by atoms with van der Waals surface area (Å²) in [5.74, 6) is 0. The van der Waals surface area contributed by atoms with E-state index >= 15 is 0 Å². The Hall–Kier alpha value is 0.220. The summed E-state index contributed by atoms with van der Waals surface area (Å²) < 4.78 is 29.4. The van der Waals surface area contributed by atoms with Gasteiger partial charge in [0, 0.05) is 0 Å². The summed E-state index contributed by atoms with van der Waals surface area (Å²) in [5, 5.41) is 19.1. The molecule has 14 heteroatoms. The summed E-state index contributed by atoms with van der Waals surface area (Å²) >= 11 is 0. The van der Waals surface area contributed by atoms with Crippen LogP contribution < -0.4 is 0 Å². The molecule has 12 nitrogen and oxygen atoms in total. The number of ether oxygens (including phenoxy) is 2. The van der Waals surface area contributed by atoms with Crippen molar-refractivity contribution in [3.8, 4) is 0 Å². The Bertz CT molecular complexity index is 378. The molecule has 1 heterocycles. The Balaban J connectivity index is 2.99. The molecule has 1 rings (SSSR count). The summed E-state index contributed by atoms with van der Waals surface area (Å²) in [6.07, 6.45) is -8.21. The molecule has 0 aromatic heterocycles. The topological polar surface area (TPSA) is 196 Å². The van der Waals surface area contributed by atoms with Gasteiger partial charge in [0.1, 0.15) is 0 Å². The first kappa shape index (κ1) is 19.3. The van der Waals surface area contributed by atoms with E-state index in [9.17, 15) is 9.67 Å². The molecule has 0 aromatic rings. The molecule has 5 atom stereocenters. The number of hydrogen-bond donors (Lipinski definition) is 7. The van der Waals surface area contributed by atoms with Gasteiger partial charge in [-0.25, -0.2) is 0 Å². The second-order valence-electron chi connectivity index (χ2n) is 4.17. The van der Waals surface area contributed by atoms with Gasteiger partial charge in [0.05, 0.1) is 0 Å². The molecule has 0 aromatic carbocycles. The number of hydrogen-bond acceptors (Lipinski definition) is 10. The predicted molar refractivity (Wildman–Crippen MR) is 65.5 cm³/mol. The summed E-state index contributed by atoms with van der Waals surface area (Å²) in [4.78, 5) is 44.3. The summed E-state index contributed by atoms with van der Waals surface area (Å²) in [5.41, 5.74) is 0. The van der Waals surface area contributed by atoms with Gasteiger partial charge >= 0.3 is 118 Å². The zero-order valence-corrected chi connectivity index (χ0v) is 12.6. The second-order valence-corrected chi connectivity index (χ2v) is 6.74. The van der Waals surface area contributed by atoms with Crippen LogP contribution >= 0.6 is 16.0 Å². The molecular formula is C7H18O12P2. The van der Waals surface area contributed by atoms with Gasteiger partial charge in [-0.1, -0.05) is 0 Å². The van der Waals surface area contributed by atoms with Crippen LogP contribution in [0.2, 0.25) is 0 Å². The number of methoxy groups -OCH3 is 1. The van der Waals surface area contributed by atoms with Crippen LogP contribution in [-0.4, -0.2) is 79.1 Å². The zero-order chi connectivity index (χ0) is 16.4. The van der Waals surface area contributed by atoms with Crippen molar-refractivity contribution in [1.82, 2.24) is 0 Å².